The van der Waals surface area contributed by atoms with Gasteiger partial charge in [-0.05, 0) is 43.3 Å². The van der Waals surface area contributed by atoms with Crippen molar-refractivity contribution in [2.45, 2.75) is 32.4 Å². The SMILES string of the molecule is CCn1c(-c2cccn2C)nnc1N1CCC(NC(=O)c2ccsc2)CC1. The van der Waals surface area contributed by atoms with Gasteiger partial charge < -0.3 is 14.8 Å². The van der Waals surface area contributed by atoms with E-state index in [1.165, 1.54) is 0 Å². The molecule has 0 spiro atoms. The number of nitrogens with one attached hydrogen (secondary N) is 1. The lowest BCUT2D eigenvalue weighted by Crippen LogP contribution is -2.45. The van der Waals surface area contributed by atoms with Crippen LogP contribution in [-0.2, 0) is 13.6 Å². The van der Waals surface area contributed by atoms with Crippen molar-refractivity contribution in [2.75, 3.05) is 18.0 Å². The van der Waals surface area contributed by atoms with Crippen molar-refractivity contribution in [3.8, 4) is 11.5 Å². The summed E-state index contributed by atoms with van der Waals surface area (Å²) in [4.78, 5) is 14.5. The van der Waals surface area contributed by atoms with Crippen LogP contribution in [0.2, 0.25) is 0 Å². The third-order valence-corrected chi connectivity index (χ3v) is 5.80. The summed E-state index contributed by atoms with van der Waals surface area (Å²) in [6.07, 6.45) is 3.84. The molecule has 27 heavy (non-hydrogen) atoms. The summed E-state index contributed by atoms with van der Waals surface area (Å²) in [5.41, 5.74) is 1.81. The molecule has 1 amide bonds. The summed E-state index contributed by atoms with van der Waals surface area (Å²) >= 11 is 1.55. The highest BCUT2D eigenvalue weighted by molar-refractivity contribution is 7.08. The molecule has 142 valence electrons. The zero-order chi connectivity index (χ0) is 18.8. The maximum Gasteiger partial charge on any atom is 0.252 e. The first-order chi connectivity index (χ1) is 13.2. The van der Waals surface area contributed by atoms with E-state index in [-0.39, 0.29) is 11.9 Å². The number of hydrogen-bond acceptors (Lipinski definition) is 5. The average Bonchev–Trinajstić information content (AvgIpc) is 3.42. The lowest BCUT2D eigenvalue weighted by molar-refractivity contribution is 0.0931. The van der Waals surface area contributed by atoms with E-state index in [1.54, 1.807) is 11.3 Å². The lowest BCUT2D eigenvalue weighted by atomic mass is 10.0. The van der Waals surface area contributed by atoms with E-state index < -0.39 is 0 Å². The fourth-order valence-corrected chi connectivity index (χ4v) is 4.23. The molecule has 7 nitrogen and oxygen atoms in total. The monoisotopic (exact) mass is 384 g/mol. The van der Waals surface area contributed by atoms with Gasteiger partial charge in [0.25, 0.3) is 5.91 Å². The Morgan fingerprint density at radius 1 is 1.30 bits per heavy atom. The van der Waals surface area contributed by atoms with E-state index in [0.717, 1.165) is 55.5 Å². The minimum atomic E-state index is 0.0254. The predicted octanol–water partition coefficient (Wildman–Crippen LogP) is 2.76. The van der Waals surface area contributed by atoms with Crippen LogP contribution in [0.3, 0.4) is 0 Å². The Bertz CT molecular complexity index is 905. The van der Waals surface area contributed by atoms with Gasteiger partial charge in [0.1, 0.15) is 0 Å². The Kier molecular flexibility index (Phi) is 4.98. The van der Waals surface area contributed by atoms with Crippen LogP contribution < -0.4 is 10.2 Å². The maximum atomic E-state index is 12.2. The molecular weight excluding hydrogens is 360 g/mol. The summed E-state index contributed by atoms with van der Waals surface area (Å²) in [5, 5.41) is 15.9. The molecule has 4 rings (SSSR count). The van der Waals surface area contributed by atoms with Gasteiger partial charge in [0.05, 0.1) is 5.69 Å². The Morgan fingerprint density at radius 2 is 2.11 bits per heavy atom. The molecule has 8 heteroatoms. The molecular formula is C19H24N6OS. The minimum Gasteiger partial charge on any atom is -0.349 e. The molecule has 0 aliphatic carbocycles. The van der Waals surface area contributed by atoms with Crippen molar-refractivity contribution in [3.05, 3.63) is 40.7 Å². The van der Waals surface area contributed by atoms with Gasteiger partial charge >= 0.3 is 0 Å². The highest BCUT2D eigenvalue weighted by Crippen LogP contribution is 2.25. The number of amides is 1. The van der Waals surface area contributed by atoms with Crippen LogP contribution >= 0.6 is 11.3 Å². The first-order valence-electron chi connectivity index (χ1n) is 9.30. The predicted molar refractivity (Wildman–Crippen MR) is 107 cm³/mol. The molecule has 1 aliphatic rings. The van der Waals surface area contributed by atoms with Crippen LogP contribution in [0.15, 0.2) is 35.2 Å². The Morgan fingerprint density at radius 3 is 2.74 bits per heavy atom. The van der Waals surface area contributed by atoms with Crippen LogP contribution in [0.4, 0.5) is 5.95 Å². The van der Waals surface area contributed by atoms with Crippen molar-refractivity contribution < 1.29 is 4.79 Å². The van der Waals surface area contributed by atoms with Crippen LogP contribution in [0.25, 0.3) is 11.5 Å². The van der Waals surface area contributed by atoms with Crippen LogP contribution in [-0.4, -0.2) is 44.4 Å². The van der Waals surface area contributed by atoms with Crippen molar-refractivity contribution in [2.24, 2.45) is 7.05 Å². The second-order valence-corrected chi connectivity index (χ2v) is 7.60. The lowest BCUT2D eigenvalue weighted by Gasteiger charge is -2.33. The van der Waals surface area contributed by atoms with Crippen molar-refractivity contribution in [1.29, 1.82) is 0 Å². The normalized spacial score (nSPS) is 15.3. The van der Waals surface area contributed by atoms with Gasteiger partial charge in [-0.2, -0.15) is 11.3 Å². The number of aryl methyl sites for hydroxylation is 1. The molecule has 1 saturated heterocycles. The van der Waals surface area contributed by atoms with E-state index in [1.807, 2.05) is 36.1 Å². The molecule has 1 aliphatic heterocycles. The topological polar surface area (TPSA) is 68.0 Å². The maximum absolute atomic E-state index is 12.2. The molecule has 0 atom stereocenters. The van der Waals surface area contributed by atoms with Gasteiger partial charge in [-0.25, -0.2) is 0 Å². The van der Waals surface area contributed by atoms with Gasteiger partial charge in [-0.1, -0.05) is 0 Å². The van der Waals surface area contributed by atoms with Gasteiger partial charge in [-0.15, -0.1) is 10.2 Å². The third kappa shape index (κ3) is 3.49. The fraction of sp³-hybridized carbons (Fsp3) is 0.421. The molecule has 4 heterocycles. The molecule has 0 saturated carbocycles. The van der Waals surface area contributed by atoms with Gasteiger partial charge in [0.2, 0.25) is 5.95 Å². The van der Waals surface area contributed by atoms with E-state index in [4.69, 9.17) is 0 Å². The zero-order valence-electron chi connectivity index (χ0n) is 15.6. The van der Waals surface area contributed by atoms with E-state index in [9.17, 15) is 4.79 Å². The fourth-order valence-electron chi connectivity index (χ4n) is 3.59. The summed E-state index contributed by atoms with van der Waals surface area (Å²) in [6.45, 7) is 4.66. The number of anilines is 1. The molecule has 3 aromatic heterocycles. The number of nitrogens with zero attached hydrogens (tertiary/aromatic N) is 5. The zero-order valence-corrected chi connectivity index (χ0v) is 16.4. The Hall–Kier alpha value is -2.61. The minimum absolute atomic E-state index is 0.0254. The van der Waals surface area contributed by atoms with E-state index >= 15 is 0 Å². The number of carbonyl (C=O) groups is 1. The standard InChI is InChI=1S/C19H24N6OS/c1-3-25-17(16-5-4-9-23(16)2)21-22-19(25)24-10-6-15(7-11-24)20-18(26)14-8-12-27-13-14/h4-5,8-9,12-13,15H,3,6-7,10-11H2,1-2H3,(H,20,26). The number of rotatable bonds is 5. The van der Waals surface area contributed by atoms with Crippen LogP contribution in [0, 0.1) is 0 Å². The molecule has 0 bridgehead atoms. The third-order valence-electron chi connectivity index (χ3n) is 5.12. The second-order valence-electron chi connectivity index (χ2n) is 6.82. The summed E-state index contributed by atoms with van der Waals surface area (Å²) < 4.78 is 4.23. The smallest absolute Gasteiger partial charge is 0.252 e. The van der Waals surface area contributed by atoms with Crippen LogP contribution in [0.1, 0.15) is 30.1 Å². The van der Waals surface area contributed by atoms with Gasteiger partial charge in [0, 0.05) is 49.9 Å². The molecule has 1 N–H and O–H groups in total. The molecule has 0 unspecified atom stereocenters. The molecule has 3 aromatic rings. The summed E-state index contributed by atoms with van der Waals surface area (Å²) in [5.74, 6) is 1.83. The number of thiophene rings is 1. The molecule has 1 fully saturated rings. The Balaban J connectivity index is 1.43. The average molecular weight is 385 g/mol. The highest BCUT2D eigenvalue weighted by atomic mass is 32.1. The van der Waals surface area contributed by atoms with Crippen molar-refractivity contribution in [1.82, 2.24) is 24.6 Å². The number of piperidine rings is 1. The first-order valence-corrected chi connectivity index (χ1v) is 10.2. The summed E-state index contributed by atoms with van der Waals surface area (Å²) in [7, 11) is 2.02. The largest absolute Gasteiger partial charge is 0.349 e. The summed E-state index contributed by atoms with van der Waals surface area (Å²) in [6, 6.07) is 6.15. The van der Waals surface area contributed by atoms with E-state index in [2.05, 4.69) is 42.5 Å². The van der Waals surface area contributed by atoms with Gasteiger partial charge in [0.15, 0.2) is 5.82 Å². The molecule has 0 aromatic carbocycles. The quantitative estimate of drug-likeness (QED) is 0.734. The van der Waals surface area contributed by atoms with Crippen molar-refractivity contribution in [3.63, 3.8) is 0 Å². The highest BCUT2D eigenvalue weighted by Gasteiger charge is 2.25. The van der Waals surface area contributed by atoms with Crippen molar-refractivity contribution >= 4 is 23.2 Å². The Labute approximate surface area is 162 Å². The van der Waals surface area contributed by atoms with Crippen LogP contribution in [0.5, 0.6) is 0 Å². The number of hydrogen-bond donors (Lipinski definition) is 1. The van der Waals surface area contributed by atoms with Gasteiger partial charge in [-0.3, -0.25) is 9.36 Å². The molecule has 0 radical (unpaired) electrons. The number of aromatic nitrogens is 4. The number of carbonyl (C=O) groups excluding carboxylic acids is 1. The van der Waals surface area contributed by atoms with E-state index in [0.29, 0.717) is 0 Å². The first kappa shape index (κ1) is 17.8. The second kappa shape index (κ2) is 7.56.